The molecule has 1 aliphatic heterocycles. The van der Waals surface area contributed by atoms with Gasteiger partial charge in [-0.3, -0.25) is 14.4 Å². The third-order valence-corrected chi connectivity index (χ3v) is 10.0. The van der Waals surface area contributed by atoms with E-state index in [1.165, 1.54) is 13.8 Å². The van der Waals surface area contributed by atoms with Gasteiger partial charge in [-0.05, 0) is 58.6 Å². The Morgan fingerprint density at radius 1 is 0.917 bits per heavy atom. The number of rotatable bonds is 15. The van der Waals surface area contributed by atoms with Gasteiger partial charge in [-0.25, -0.2) is 9.59 Å². The molecule has 0 aromatic carbocycles. The summed E-state index contributed by atoms with van der Waals surface area (Å²) in [7, 11) is 0. The molecular weight excluding hydrogens is 624 g/mol. The van der Waals surface area contributed by atoms with Crippen LogP contribution in [0.3, 0.4) is 0 Å². The fourth-order valence-corrected chi connectivity index (χ4v) is 7.34. The minimum Gasteiger partial charge on any atom is -0.459 e. The summed E-state index contributed by atoms with van der Waals surface area (Å²) in [6.07, 6.45) is 1.64. The van der Waals surface area contributed by atoms with E-state index in [0.29, 0.717) is 12.8 Å². The number of aliphatic hydroxyl groups is 2. The van der Waals surface area contributed by atoms with E-state index in [1.807, 2.05) is 6.92 Å². The predicted molar refractivity (Wildman–Crippen MR) is 173 cm³/mol. The second-order valence-corrected chi connectivity index (χ2v) is 13.7. The van der Waals surface area contributed by atoms with Crippen molar-refractivity contribution < 1.29 is 57.9 Å². The summed E-state index contributed by atoms with van der Waals surface area (Å²) in [5.41, 5.74) is -5.88. The number of fused-ring (bicyclic) bond motifs is 3. The number of hydrogen-bond donors (Lipinski definition) is 2. The van der Waals surface area contributed by atoms with Crippen molar-refractivity contribution in [3.05, 3.63) is 22.8 Å². The van der Waals surface area contributed by atoms with Crippen LogP contribution in [0.25, 0.3) is 0 Å². The molecule has 8 atom stereocenters. The van der Waals surface area contributed by atoms with Crippen molar-refractivity contribution in [1.82, 2.24) is 0 Å². The molecule has 0 bridgehead atoms. The zero-order valence-corrected chi connectivity index (χ0v) is 29.7. The van der Waals surface area contributed by atoms with Gasteiger partial charge in [-0.15, -0.1) is 0 Å². The van der Waals surface area contributed by atoms with Crippen LogP contribution in [0.2, 0.25) is 0 Å². The molecule has 2 aliphatic carbocycles. The van der Waals surface area contributed by atoms with Crippen LogP contribution < -0.4 is 0 Å². The first-order valence-electron chi connectivity index (χ1n) is 17.3. The number of aliphatic hydroxyl groups excluding tert-OH is 1. The average molecular weight is 679 g/mol. The molecule has 0 aromatic heterocycles. The minimum absolute atomic E-state index is 0.0522. The molecule has 48 heavy (non-hydrogen) atoms. The number of carbonyl (C=O) groups excluding carboxylic acids is 5. The van der Waals surface area contributed by atoms with Crippen molar-refractivity contribution >= 4 is 29.8 Å². The molecule has 12 heteroatoms. The van der Waals surface area contributed by atoms with Gasteiger partial charge in [0, 0.05) is 31.8 Å². The van der Waals surface area contributed by atoms with Crippen molar-refractivity contribution in [1.29, 1.82) is 0 Å². The van der Waals surface area contributed by atoms with Gasteiger partial charge in [-0.1, -0.05) is 58.4 Å². The van der Waals surface area contributed by atoms with Gasteiger partial charge in [0.05, 0.1) is 5.92 Å². The van der Waals surface area contributed by atoms with Crippen LogP contribution in [-0.2, 0) is 47.7 Å². The molecule has 270 valence electrons. The zero-order chi connectivity index (χ0) is 36.0. The number of esters is 5. The third-order valence-electron chi connectivity index (χ3n) is 10.0. The summed E-state index contributed by atoms with van der Waals surface area (Å²) in [6.45, 7) is 12.7. The van der Waals surface area contributed by atoms with Gasteiger partial charge >= 0.3 is 29.8 Å². The molecule has 0 spiro atoms. The number of carbonyl (C=O) groups is 5. The highest BCUT2D eigenvalue weighted by Crippen LogP contribution is 2.58. The summed E-state index contributed by atoms with van der Waals surface area (Å²) in [6, 6.07) is 0. The second-order valence-electron chi connectivity index (χ2n) is 13.7. The van der Waals surface area contributed by atoms with Crippen LogP contribution in [0.1, 0.15) is 126 Å². The van der Waals surface area contributed by atoms with Crippen LogP contribution in [0.4, 0.5) is 0 Å². The van der Waals surface area contributed by atoms with Gasteiger partial charge in [0.15, 0.2) is 18.3 Å². The number of allylic oxidation sites excluding steroid dienone is 1. The van der Waals surface area contributed by atoms with Gasteiger partial charge in [0.1, 0.15) is 11.7 Å². The largest absolute Gasteiger partial charge is 0.459 e. The first kappa shape index (κ1) is 39.2. The smallest absolute Gasteiger partial charge is 0.343 e. The van der Waals surface area contributed by atoms with Gasteiger partial charge < -0.3 is 33.9 Å². The molecule has 0 unspecified atom stereocenters. The van der Waals surface area contributed by atoms with Crippen molar-refractivity contribution in [3.8, 4) is 0 Å². The molecular formula is C36H54O12. The van der Waals surface area contributed by atoms with Crippen molar-refractivity contribution in [2.24, 2.45) is 5.92 Å². The highest BCUT2D eigenvalue weighted by Gasteiger charge is 2.77. The maximum atomic E-state index is 13.4. The normalized spacial score (nSPS) is 32.9. The summed E-state index contributed by atoms with van der Waals surface area (Å²) in [5, 5.41) is 23.7. The number of hydrogen-bond acceptors (Lipinski definition) is 12. The Hall–Kier alpha value is -3.25. The fourth-order valence-electron chi connectivity index (χ4n) is 7.34. The standard InChI is InChI=1S/C36H54O12/c1-9-12-14-15-17-18-25(39)44-30-28-27(22(5)29(30)45-32(41)21(4)11-3)31-36(35(8,43)33(42)46-31,48-26(40)19-16-13-10-2)24(38)20-34(28,7)47-23(6)37/h11,24,28-31,38,43H,9-10,12-20H2,1-8H3/b21-11-/t24-,28+,29-,30-,31-,34-,35+,36+/m0/s1. The maximum Gasteiger partial charge on any atom is 0.343 e. The van der Waals surface area contributed by atoms with Crippen LogP contribution in [0.15, 0.2) is 22.8 Å². The van der Waals surface area contributed by atoms with Crippen molar-refractivity contribution in [3.63, 3.8) is 0 Å². The van der Waals surface area contributed by atoms with Crippen LogP contribution >= 0.6 is 0 Å². The Labute approximate surface area is 283 Å². The molecule has 1 saturated heterocycles. The summed E-state index contributed by atoms with van der Waals surface area (Å²) < 4.78 is 29.7. The Morgan fingerprint density at radius 3 is 2.10 bits per heavy atom. The van der Waals surface area contributed by atoms with Gasteiger partial charge in [0.25, 0.3) is 0 Å². The van der Waals surface area contributed by atoms with Crippen LogP contribution in [0.5, 0.6) is 0 Å². The Kier molecular flexibility index (Phi) is 13.0. The molecule has 1 heterocycles. The molecule has 12 nitrogen and oxygen atoms in total. The van der Waals surface area contributed by atoms with Gasteiger partial charge in [-0.2, -0.15) is 0 Å². The van der Waals surface area contributed by atoms with Gasteiger partial charge in [0.2, 0.25) is 11.2 Å². The highest BCUT2D eigenvalue weighted by molar-refractivity contribution is 5.88. The zero-order valence-electron chi connectivity index (χ0n) is 29.7. The second kappa shape index (κ2) is 16.0. The van der Waals surface area contributed by atoms with E-state index in [4.69, 9.17) is 23.7 Å². The minimum atomic E-state index is -2.54. The molecule has 3 rings (SSSR count). The number of ether oxygens (including phenoxy) is 5. The average Bonchev–Trinajstić information content (AvgIpc) is 3.35. The van der Waals surface area contributed by atoms with E-state index in [-0.39, 0.29) is 29.6 Å². The van der Waals surface area contributed by atoms with Crippen LogP contribution in [-0.4, -0.2) is 81.3 Å². The topological polar surface area (TPSA) is 172 Å². The SMILES string of the molecule is C/C=C(/C)C(=O)O[C@H]1C(C)=C2[C@H]([C@@H]1OC(=O)CCCCCCC)[C@@](C)(OC(C)=O)C[C@H](O)[C@@]1(OC(=O)CCCCC)[C@H]2OC(=O)[C@@]1(C)O. The van der Waals surface area contributed by atoms with E-state index in [0.717, 1.165) is 45.4 Å². The molecule has 0 aromatic rings. The lowest BCUT2D eigenvalue weighted by atomic mass is 9.75. The van der Waals surface area contributed by atoms with Crippen molar-refractivity contribution in [2.45, 2.75) is 167 Å². The Bertz CT molecular complexity index is 1300. The first-order chi connectivity index (χ1) is 22.5. The lowest BCUT2D eigenvalue weighted by molar-refractivity contribution is -0.220. The maximum absolute atomic E-state index is 13.4. The Balaban J connectivity index is 2.23. The number of unbranched alkanes of at least 4 members (excludes halogenated alkanes) is 6. The predicted octanol–water partition coefficient (Wildman–Crippen LogP) is 4.71. The molecule has 2 fully saturated rings. The third kappa shape index (κ3) is 7.64. The summed E-state index contributed by atoms with van der Waals surface area (Å²) in [4.78, 5) is 65.9. The van der Waals surface area contributed by atoms with E-state index in [1.54, 1.807) is 26.8 Å². The Morgan fingerprint density at radius 2 is 1.50 bits per heavy atom. The van der Waals surface area contributed by atoms with E-state index in [2.05, 4.69) is 6.92 Å². The lowest BCUT2D eigenvalue weighted by Crippen LogP contribution is -2.65. The monoisotopic (exact) mass is 678 g/mol. The highest BCUT2D eigenvalue weighted by atomic mass is 16.6. The molecule has 1 saturated carbocycles. The van der Waals surface area contributed by atoms with E-state index < -0.39 is 83.4 Å². The molecule has 0 amide bonds. The fraction of sp³-hybridized carbons (Fsp3) is 0.750. The first-order valence-corrected chi connectivity index (χ1v) is 17.3. The summed E-state index contributed by atoms with van der Waals surface area (Å²) >= 11 is 0. The quantitative estimate of drug-likeness (QED) is 0.0805. The van der Waals surface area contributed by atoms with E-state index >= 15 is 0 Å². The molecule has 3 aliphatic rings. The lowest BCUT2D eigenvalue weighted by Gasteiger charge is -2.42. The molecule has 0 radical (unpaired) electrons. The molecule has 2 N–H and O–H groups in total. The van der Waals surface area contributed by atoms with Crippen LogP contribution in [0, 0.1) is 5.92 Å². The van der Waals surface area contributed by atoms with E-state index in [9.17, 15) is 34.2 Å². The summed E-state index contributed by atoms with van der Waals surface area (Å²) in [5.74, 6) is -5.06. The van der Waals surface area contributed by atoms with Crippen molar-refractivity contribution in [2.75, 3.05) is 0 Å².